The lowest BCUT2D eigenvalue weighted by Gasteiger charge is -2.14. The van der Waals surface area contributed by atoms with Crippen LogP contribution in [0.15, 0.2) is 199 Å². The molecule has 0 amide bonds. The van der Waals surface area contributed by atoms with E-state index < -0.39 is 0 Å². The first-order valence-corrected chi connectivity index (χ1v) is 19.6. The van der Waals surface area contributed by atoms with E-state index in [0.29, 0.717) is 29.1 Å². The summed E-state index contributed by atoms with van der Waals surface area (Å²) >= 11 is 0. The number of nitrogens with zero attached hydrogens (tertiary/aromatic N) is 6. The van der Waals surface area contributed by atoms with E-state index in [9.17, 15) is 0 Å². The van der Waals surface area contributed by atoms with Gasteiger partial charge in [-0.25, -0.2) is 9.97 Å². The zero-order chi connectivity index (χ0) is 38.9. The molecule has 0 aliphatic carbocycles. The minimum absolute atomic E-state index is 0.521. The van der Waals surface area contributed by atoms with Gasteiger partial charge >= 0.3 is 0 Å². The topological polar surface area (TPSA) is 74.6 Å². The minimum Gasteiger partial charge on any atom is -0.436 e. The van der Waals surface area contributed by atoms with Crippen molar-refractivity contribution in [2.75, 3.05) is 0 Å². The number of aromatic nitrogens is 6. The highest BCUT2D eigenvalue weighted by Crippen LogP contribution is 2.42. The fourth-order valence-corrected chi connectivity index (χ4v) is 8.51. The molecule has 0 N–H and O–H groups in total. The Morgan fingerprint density at radius 1 is 0.356 bits per heavy atom. The maximum Gasteiger partial charge on any atom is 0.238 e. The van der Waals surface area contributed by atoms with Crippen LogP contribution in [0.1, 0.15) is 0 Å². The van der Waals surface area contributed by atoms with E-state index in [0.717, 1.165) is 71.7 Å². The molecule has 12 rings (SSSR count). The summed E-state index contributed by atoms with van der Waals surface area (Å²) in [6, 6.07) is 67.0. The van der Waals surface area contributed by atoms with Crippen molar-refractivity contribution in [3.8, 4) is 57.0 Å². The molecule has 8 aromatic carbocycles. The molecule has 0 bridgehead atoms. The van der Waals surface area contributed by atoms with Crippen LogP contribution in [0.4, 0.5) is 0 Å². The normalized spacial score (nSPS) is 11.7. The van der Waals surface area contributed by atoms with Crippen LogP contribution in [0.5, 0.6) is 0 Å². The Morgan fingerprint density at radius 2 is 0.915 bits per heavy atom. The van der Waals surface area contributed by atoms with E-state index in [1.54, 1.807) is 0 Å². The Kier molecular flexibility index (Phi) is 7.40. The molecule has 0 saturated carbocycles. The van der Waals surface area contributed by atoms with Crippen molar-refractivity contribution in [2.24, 2.45) is 0 Å². The molecule has 0 unspecified atom stereocenters. The van der Waals surface area contributed by atoms with Gasteiger partial charge in [-0.1, -0.05) is 140 Å². The molecule has 0 aliphatic heterocycles. The molecule has 0 aliphatic rings. The van der Waals surface area contributed by atoms with Crippen molar-refractivity contribution in [2.45, 2.75) is 0 Å². The summed E-state index contributed by atoms with van der Waals surface area (Å²) in [5.74, 6) is 2.20. The summed E-state index contributed by atoms with van der Waals surface area (Å²) in [5, 5.41) is 4.53. The van der Waals surface area contributed by atoms with E-state index in [2.05, 4.69) is 124 Å². The highest BCUT2D eigenvalue weighted by atomic mass is 16.3. The minimum atomic E-state index is 0.521. The molecule has 0 radical (unpaired) electrons. The van der Waals surface area contributed by atoms with Crippen LogP contribution in [-0.2, 0) is 0 Å². The van der Waals surface area contributed by atoms with Gasteiger partial charge in [0.05, 0.1) is 22.1 Å². The van der Waals surface area contributed by atoms with Crippen LogP contribution in [0.2, 0.25) is 0 Å². The highest BCUT2D eigenvalue weighted by Gasteiger charge is 2.24. The van der Waals surface area contributed by atoms with E-state index in [-0.39, 0.29) is 0 Å². The van der Waals surface area contributed by atoms with Crippen LogP contribution in [0, 0.1) is 0 Å². The summed E-state index contributed by atoms with van der Waals surface area (Å²) in [6.45, 7) is 0. The lowest BCUT2D eigenvalue weighted by molar-refractivity contribution is 0.620. The average molecular weight is 757 g/mol. The van der Waals surface area contributed by atoms with Crippen LogP contribution in [0.25, 0.3) is 112 Å². The number of rotatable bonds is 6. The summed E-state index contributed by atoms with van der Waals surface area (Å²) in [6.07, 6.45) is 0. The van der Waals surface area contributed by atoms with Crippen LogP contribution in [0.3, 0.4) is 0 Å². The van der Waals surface area contributed by atoms with Crippen molar-refractivity contribution < 1.29 is 4.42 Å². The van der Waals surface area contributed by atoms with E-state index >= 15 is 0 Å². The van der Waals surface area contributed by atoms with Gasteiger partial charge in [0.2, 0.25) is 11.8 Å². The summed E-state index contributed by atoms with van der Waals surface area (Å²) in [5.41, 5.74) is 11.6. The number of oxazole rings is 1. The molecule has 276 valence electrons. The fraction of sp³-hybridized carbons (Fsp3) is 0. The molecule has 0 atom stereocenters. The molecule has 59 heavy (non-hydrogen) atoms. The molecule has 0 fully saturated rings. The van der Waals surface area contributed by atoms with Gasteiger partial charge in [0, 0.05) is 43.9 Å². The van der Waals surface area contributed by atoms with Crippen LogP contribution >= 0.6 is 0 Å². The van der Waals surface area contributed by atoms with Crippen molar-refractivity contribution >= 4 is 54.7 Å². The molecule has 0 spiro atoms. The van der Waals surface area contributed by atoms with Crippen molar-refractivity contribution in [3.05, 3.63) is 194 Å². The van der Waals surface area contributed by atoms with Crippen LogP contribution < -0.4 is 0 Å². The van der Waals surface area contributed by atoms with Gasteiger partial charge in [-0.2, -0.15) is 9.97 Å². The van der Waals surface area contributed by atoms with Gasteiger partial charge in [0.1, 0.15) is 5.52 Å². The number of hydrogen-bond acceptors (Lipinski definition) is 5. The Bertz CT molecular complexity index is 3550. The number of para-hydroxylation sites is 2. The smallest absolute Gasteiger partial charge is 0.238 e. The van der Waals surface area contributed by atoms with Gasteiger partial charge < -0.3 is 8.98 Å². The number of benzene rings is 8. The van der Waals surface area contributed by atoms with E-state index in [4.69, 9.17) is 24.4 Å². The Hall–Kier alpha value is -8.16. The third-order valence-electron chi connectivity index (χ3n) is 11.2. The number of hydrogen-bond donors (Lipinski definition) is 0. The monoisotopic (exact) mass is 756 g/mol. The molecular formula is C52H32N6O. The van der Waals surface area contributed by atoms with E-state index in [1.807, 2.05) is 78.9 Å². The van der Waals surface area contributed by atoms with Crippen LogP contribution in [-0.4, -0.2) is 29.1 Å². The lowest BCUT2D eigenvalue weighted by Crippen LogP contribution is -2.07. The quantitative estimate of drug-likeness (QED) is 0.169. The Morgan fingerprint density at radius 3 is 1.61 bits per heavy atom. The summed E-state index contributed by atoms with van der Waals surface area (Å²) in [4.78, 5) is 20.6. The zero-order valence-electron chi connectivity index (χ0n) is 31.6. The molecular weight excluding hydrogens is 725 g/mol. The van der Waals surface area contributed by atoms with E-state index in [1.165, 1.54) is 10.9 Å². The van der Waals surface area contributed by atoms with Gasteiger partial charge in [0.15, 0.2) is 17.2 Å². The second kappa shape index (κ2) is 13.2. The molecule has 7 heteroatoms. The SMILES string of the molecule is c1ccc(-c2cccc(-n3c4ccccc4c4ccc5c6ccccc6n(-c6nc(-c7ccccc7)nc(-c7ccc8oc(-c9ccccc9)nc8c7)n6)c5c43)c2)cc1. The maximum atomic E-state index is 6.19. The summed E-state index contributed by atoms with van der Waals surface area (Å²) < 4.78 is 10.8. The predicted molar refractivity (Wildman–Crippen MR) is 238 cm³/mol. The standard InChI is InChI=1S/C52H32N6O/c1-4-15-33(16-5-1)36-21-14-22-38(31-36)57-44-25-12-10-23-39(44)41-28-29-42-40-24-11-13-26-45(40)58(48(42)47(41)57)52-55-49(34-17-6-2-7-18-34)54-50(56-52)37-27-30-46-43(32-37)53-51(59-46)35-19-8-3-9-20-35/h1-32H. The average Bonchev–Trinajstić information content (AvgIpc) is 4.00. The number of fused-ring (bicyclic) bond motifs is 8. The third kappa shape index (κ3) is 5.36. The third-order valence-corrected chi connectivity index (χ3v) is 11.2. The Balaban J connectivity index is 1.15. The van der Waals surface area contributed by atoms with Crippen molar-refractivity contribution in [1.29, 1.82) is 0 Å². The second-order valence-corrected chi connectivity index (χ2v) is 14.7. The molecule has 7 nitrogen and oxygen atoms in total. The zero-order valence-corrected chi connectivity index (χ0v) is 31.6. The second-order valence-electron chi connectivity index (χ2n) is 14.7. The lowest BCUT2D eigenvalue weighted by atomic mass is 10.1. The first-order chi connectivity index (χ1) is 29.2. The van der Waals surface area contributed by atoms with Crippen molar-refractivity contribution in [1.82, 2.24) is 29.1 Å². The maximum absolute atomic E-state index is 6.19. The molecule has 12 aromatic rings. The largest absolute Gasteiger partial charge is 0.436 e. The van der Waals surface area contributed by atoms with Crippen molar-refractivity contribution in [3.63, 3.8) is 0 Å². The Labute approximate surface area is 338 Å². The van der Waals surface area contributed by atoms with Gasteiger partial charge in [-0.15, -0.1) is 0 Å². The first-order valence-electron chi connectivity index (χ1n) is 19.6. The predicted octanol–water partition coefficient (Wildman–Crippen LogP) is 12.9. The highest BCUT2D eigenvalue weighted by molar-refractivity contribution is 6.23. The summed E-state index contributed by atoms with van der Waals surface area (Å²) in [7, 11) is 0. The molecule has 4 heterocycles. The molecule has 0 saturated heterocycles. The van der Waals surface area contributed by atoms with Gasteiger partial charge in [0.25, 0.3) is 0 Å². The molecule has 4 aromatic heterocycles. The van der Waals surface area contributed by atoms with Gasteiger partial charge in [-0.3, -0.25) is 4.57 Å². The fourth-order valence-electron chi connectivity index (χ4n) is 8.51. The van der Waals surface area contributed by atoms with Gasteiger partial charge in [-0.05, 0) is 65.7 Å². The first kappa shape index (κ1) is 33.0.